The molecular formula is C14H13F3N2O4. The number of carbonyl (C=O) groups is 1. The van der Waals surface area contributed by atoms with E-state index >= 15 is 0 Å². The highest BCUT2D eigenvalue weighted by atomic mass is 19.4. The van der Waals surface area contributed by atoms with Crippen molar-refractivity contribution >= 4 is 17.3 Å². The van der Waals surface area contributed by atoms with Crippen LogP contribution in [-0.2, 0) is 15.7 Å². The van der Waals surface area contributed by atoms with Crippen LogP contribution < -0.4 is 5.32 Å². The lowest BCUT2D eigenvalue weighted by Gasteiger charge is -2.18. The Morgan fingerprint density at radius 2 is 2.09 bits per heavy atom. The van der Waals surface area contributed by atoms with E-state index in [1.54, 1.807) is 0 Å². The van der Waals surface area contributed by atoms with Crippen molar-refractivity contribution in [2.24, 2.45) is 5.92 Å². The molecule has 0 unspecified atom stereocenters. The van der Waals surface area contributed by atoms with Crippen LogP contribution in [0.5, 0.6) is 0 Å². The highest BCUT2D eigenvalue weighted by Crippen LogP contribution is 2.40. The van der Waals surface area contributed by atoms with Crippen LogP contribution in [0.25, 0.3) is 0 Å². The number of ether oxygens (including phenoxy) is 1. The van der Waals surface area contributed by atoms with Gasteiger partial charge in [0.2, 0.25) is 5.91 Å². The Bertz CT molecular complexity index is 662. The number of halogens is 3. The van der Waals surface area contributed by atoms with Crippen LogP contribution in [0.1, 0.15) is 24.8 Å². The molecule has 0 aliphatic carbocycles. The van der Waals surface area contributed by atoms with Crippen molar-refractivity contribution in [2.75, 3.05) is 5.32 Å². The van der Waals surface area contributed by atoms with E-state index < -0.39 is 34.2 Å². The number of hydrogen-bond donors (Lipinski definition) is 1. The Kier molecular flexibility index (Phi) is 3.75. The van der Waals surface area contributed by atoms with E-state index in [-0.39, 0.29) is 17.9 Å². The van der Waals surface area contributed by atoms with Gasteiger partial charge in [0.1, 0.15) is 5.56 Å². The number of nitrogens with one attached hydrogen (secondary N) is 1. The van der Waals surface area contributed by atoms with Gasteiger partial charge in [-0.15, -0.1) is 0 Å². The average Bonchev–Trinajstić information content (AvgIpc) is 3.08. The summed E-state index contributed by atoms with van der Waals surface area (Å²) in [7, 11) is 0. The Balaban J connectivity index is 1.80. The third kappa shape index (κ3) is 3.00. The molecule has 124 valence electrons. The van der Waals surface area contributed by atoms with E-state index in [1.165, 1.54) is 0 Å². The predicted octanol–water partition coefficient (Wildman–Crippen LogP) is 3.12. The smallest absolute Gasteiger partial charge is 0.374 e. The van der Waals surface area contributed by atoms with Gasteiger partial charge in [0.15, 0.2) is 0 Å². The number of anilines is 1. The number of hydrogen-bond acceptors (Lipinski definition) is 4. The molecule has 3 rings (SSSR count). The monoisotopic (exact) mass is 330 g/mol. The molecule has 23 heavy (non-hydrogen) atoms. The van der Waals surface area contributed by atoms with Gasteiger partial charge < -0.3 is 10.1 Å². The summed E-state index contributed by atoms with van der Waals surface area (Å²) >= 11 is 0. The summed E-state index contributed by atoms with van der Waals surface area (Å²) in [6.45, 7) is 0. The van der Waals surface area contributed by atoms with Crippen LogP contribution in [0, 0.1) is 16.0 Å². The maximum atomic E-state index is 12.9. The third-order valence-corrected chi connectivity index (χ3v) is 4.21. The second-order valence-electron chi connectivity index (χ2n) is 5.69. The fourth-order valence-corrected chi connectivity index (χ4v) is 3.15. The molecule has 2 fully saturated rings. The van der Waals surface area contributed by atoms with Crippen molar-refractivity contribution in [3.05, 3.63) is 33.9 Å². The highest BCUT2D eigenvalue weighted by molar-refractivity contribution is 5.93. The lowest BCUT2D eigenvalue weighted by atomic mass is 9.88. The molecule has 0 radical (unpaired) electrons. The number of benzene rings is 1. The molecule has 1 aromatic carbocycles. The Morgan fingerprint density at radius 1 is 1.35 bits per heavy atom. The SMILES string of the molecule is O=C(Nc1ccc([N+](=O)[O-])c(C(F)(F)F)c1)[C@@H]1C[C@H]2CC[C@H]1O2. The molecule has 2 aliphatic rings. The highest BCUT2D eigenvalue weighted by Gasteiger charge is 2.44. The standard InChI is InChI=1S/C14H13F3N2O4/c15-14(16,17)10-5-7(1-3-11(10)19(21)22)18-13(20)9-6-8-2-4-12(9)23-8/h1,3,5,8-9,12H,2,4,6H2,(H,18,20)/t8-,9-,12-/m1/s1. The van der Waals surface area contributed by atoms with Gasteiger partial charge in [-0.2, -0.15) is 13.2 Å². The normalized spacial score (nSPS) is 26.3. The largest absolute Gasteiger partial charge is 0.423 e. The molecule has 2 saturated heterocycles. The van der Waals surface area contributed by atoms with Gasteiger partial charge in [0.05, 0.1) is 23.0 Å². The topological polar surface area (TPSA) is 81.5 Å². The van der Waals surface area contributed by atoms with Crippen molar-refractivity contribution in [3.8, 4) is 0 Å². The molecule has 0 aromatic heterocycles. The minimum absolute atomic E-state index is 0.0401. The maximum absolute atomic E-state index is 12.9. The molecule has 1 aromatic rings. The lowest BCUT2D eigenvalue weighted by Crippen LogP contribution is -2.30. The van der Waals surface area contributed by atoms with Gasteiger partial charge >= 0.3 is 6.18 Å². The van der Waals surface area contributed by atoms with Crippen LogP contribution in [0.4, 0.5) is 24.5 Å². The number of nitro benzene ring substituents is 1. The lowest BCUT2D eigenvalue weighted by molar-refractivity contribution is -0.388. The molecule has 6 nitrogen and oxygen atoms in total. The first-order valence-electron chi connectivity index (χ1n) is 7.07. The van der Waals surface area contributed by atoms with E-state index in [4.69, 9.17) is 4.74 Å². The summed E-state index contributed by atoms with van der Waals surface area (Å²) in [6.07, 6.45) is -2.83. The number of carbonyl (C=O) groups excluding carboxylic acids is 1. The van der Waals surface area contributed by atoms with E-state index in [0.717, 1.165) is 25.0 Å². The molecule has 0 saturated carbocycles. The van der Waals surface area contributed by atoms with Gasteiger partial charge in [0, 0.05) is 11.8 Å². The van der Waals surface area contributed by atoms with Crippen LogP contribution in [-0.4, -0.2) is 23.0 Å². The molecule has 3 atom stereocenters. The van der Waals surface area contributed by atoms with Crippen LogP contribution in [0.2, 0.25) is 0 Å². The molecule has 1 amide bonds. The molecule has 1 N–H and O–H groups in total. The third-order valence-electron chi connectivity index (χ3n) is 4.21. The fraction of sp³-hybridized carbons (Fsp3) is 0.500. The van der Waals surface area contributed by atoms with Crippen molar-refractivity contribution in [2.45, 2.75) is 37.6 Å². The quantitative estimate of drug-likeness (QED) is 0.682. The zero-order valence-corrected chi connectivity index (χ0v) is 11.8. The number of nitro groups is 1. The Hall–Kier alpha value is -2.16. The summed E-state index contributed by atoms with van der Waals surface area (Å²) in [4.78, 5) is 21.8. The second kappa shape index (κ2) is 5.48. The van der Waals surface area contributed by atoms with Crippen LogP contribution >= 0.6 is 0 Å². The number of fused-ring (bicyclic) bond motifs is 2. The van der Waals surface area contributed by atoms with Gasteiger partial charge in [-0.25, -0.2) is 0 Å². The van der Waals surface area contributed by atoms with Crippen molar-refractivity contribution in [1.82, 2.24) is 0 Å². The first kappa shape index (κ1) is 15.7. The number of nitrogens with zero attached hydrogens (tertiary/aromatic N) is 1. The van der Waals surface area contributed by atoms with Crippen LogP contribution in [0.15, 0.2) is 18.2 Å². The van der Waals surface area contributed by atoms with E-state index in [1.807, 2.05) is 0 Å². The summed E-state index contributed by atoms with van der Waals surface area (Å²) < 4.78 is 44.3. The van der Waals surface area contributed by atoms with Gasteiger partial charge in [-0.05, 0) is 31.4 Å². The van der Waals surface area contributed by atoms with Crippen molar-refractivity contribution in [1.29, 1.82) is 0 Å². The molecule has 9 heteroatoms. The zero-order chi connectivity index (χ0) is 16.8. The first-order chi connectivity index (χ1) is 10.8. The van der Waals surface area contributed by atoms with E-state index in [0.29, 0.717) is 12.5 Å². The second-order valence-corrected chi connectivity index (χ2v) is 5.69. The fourth-order valence-electron chi connectivity index (χ4n) is 3.15. The minimum Gasteiger partial charge on any atom is -0.374 e. The maximum Gasteiger partial charge on any atom is 0.423 e. The number of rotatable bonds is 3. The number of alkyl halides is 3. The van der Waals surface area contributed by atoms with Gasteiger partial charge in [-0.3, -0.25) is 14.9 Å². The molecule has 2 bridgehead atoms. The Labute approximate surface area is 128 Å². The van der Waals surface area contributed by atoms with Crippen molar-refractivity contribution in [3.63, 3.8) is 0 Å². The predicted molar refractivity (Wildman–Crippen MR) is 72.7 cm³/mol. The summed E-state index contributed by atoms with van der Waals surface area (Å²) in [5.41, 5.74) is -2.54. The molecule has 2 heterocycles. The summed E-state index contributed by atoms with van der Waals surface area (Å²) in [5, 5.41) is 13.1. The zero-order valence-electron chi connectivity index (χ0n) is 11.8. The molecular weight excluding hydrogens is 317 g/mol. The van der Waals surface area contributed by atoms with E-state index in [2.05, 4.69) is 5.32 Å². The minimum atomic E-state index is -4.88. The van der Waals surface area contributed by atoms with Crippen LogP contribution in [0.3, 0.4) is 0 Å². The van der Waals surface area contributed by atoms with Gasteiger partial charge in [0.25, 0.3) is 5.69 Å². The average molecular weight is 330 g/mol. The van der Waals surface area contributed by atoms with Gasteiger partial charge in [-0.1, -0.05) is 0 Å². The first-order valence-corrected chi connectivity index (χ1v) is 7.07. The summed E-state index contributed by atoms with van der Waals surface area (Å²) in [6, 6.07) is 2.43. The number of amides is 1. The summed E-state index contributed by atoms with van der Waals surface area (Å²) in [5.74, 6) is -0.808. The van der Waals surface area contributed by atoms with Crippen molar-refractivity contribution < 1.29 is 27.6 Å². The molecule has 0 spiro atoms. The van der Waals surface area contributed by atoms with E-state index in [9.17, 15) is 28.1 Å². The Morgan fingerprint density at radius 3 is 2.61 bits per heavy atom. The molecule has 2 aliphatic heterocycles.